The van der Waals surface area contributed by atoms with Gasteiger partial charge < -0.3 is 4.84 Å². The minimum Gasteiger partial charge on any atom is -0.390 e. The highest BCUT2D eigenvalue weighted by Crippen LogP contribution is 2.25. The van der Waals surface area contributed by atoms with Crippen molar-refractivity contribution in [3.63, 3.8) is 0 Å². The van der Waals surface area contributed by atoms with Crippen LogP contribution in [0.3, 0.4) is 0 Å². The molecule has 1 aliphatic heterocycles. The van der Waals surface area contributed by atoms with E-state index >= 15 is 0 Å². The second-order valence-corrected chi connectivity index (χ2v) is 9.50. The van der Waals surface area contributed by atoms with Crippen LogP contribution in [-0.4, -0.2) is 41.0 Å². The van der Waals surface area contributed by atoms with Crippen LogP contribution in [0.25, 0.3) is 11.0 Å². The molecular formula is C19H21ClN4O3S. The maximum atomic E-state index is 13.0. The first-order chi connectivity index (χ1) is 13.4. The molecule has 28 heavy (non-hydrogen) atoms. The maximum absolute atomic E-state index is 13.0. The summed E-state index contributed by atoms with van der Waals surface area (Å²) in [5, 5.41) is 8.65. The van der Waals surface area contributed by atoms with Gasteiger partial charge >= 0.3 is 0 Å². The number of benzene rings is 2. The predicted octanol–water partition coefficient (Wildman–Crippen LogP) is 3.13. The van der Waals surface area contributed by atoms with Gasteiger partial charge in [-0.15, -0.1) is 5.10 Å². The number of aromatic nitrogens is 3. The molecule has 2 aromatic carbocycles. The summed E-state index contributed by atoms with van der Waals surface area (Å²) in [6, 6.07) is 12.1. The first-order valence-electron chi connectivity index (χ1n) is 9.17. The molecule has 7 nitrogen and oxygen atoms in total. The van der Waals surface area contributed by atoms with Crippen LogP contribution in [0.2, 0.25) is 5.02 Å². The van der Waals surface area contributed by atoms with Gasteiger partial charge in [0.25, 0.3) is 0 Å². The topological polar surface area (TPSA) is 77.3 Å². The highest BCUT2D eigenvalue weighted by atomic mass is 35.5. The van der Waals surface area contributed by atoms with E-state index in [9.17, 15) is 8.42 Å². The quantitative estimate of drug-likeness (QED) is 0.633. The van der Waals surface area contributed by atoms with Crippen molar-refractivity contribution in [3.8, 4) is 0 Å². The number of rotatable bonds is 5. The fraction of sp³-hybridized carbons (Fsp3) is 0.368. The third-order valence-corrected chi connectivity index (χ3v) is 6.98. The molecule has 0 bridgehead atoms. The minimum absolute atomic E-state index is 0.226. The number of sulfonamides is 1. The summed E-state index contributed by atoms with van der Waals surface area (Å²) in [4.78, 5) is 7.19. The number of hydrogen-bond acceptors (Lipinski definition) is 5. The second-order valence-electron chi connectivity index (χ2n) is 7.13. The van der Waals surface area contributed by atoms with Gasteiger partial charge in [-0.3, -0.25) is 0 Å². The Kier molecular flexibility index (Phi) is 5.27. The van der Waals surface area contributed by atoms with Gasteiger partial charge in [0.05, 0.1) is 4.90 Å². The average molecular weight is 421 g/mol. The maximum Gasteiger partial charge on any atom is 0.243 e. The van der Waals surface area contributed by atoms with Crippen molar-refractivity contribution in [2.45, 2.75) is 31.3 Å². The number of nitrogens with zero attached hydrogens (tertiary/aromatic N) is 4. The Morgan fingerprint density at radius 3 is 2.89 bits per heavy atom. The zero-order valence-corrected chi connectivity index (χ0v) is 17.0. The molecule has 1 atom stereocenters. The Morgan fingerprint density at radius 1 is 1.25 bits per heavy atom. The normalized spacial score (nSPS) is 18.4. The van der Waals surface area contributed by atoms with Gasteiger partial charge in [-0.05, 0) is 59.9 Å². The van der Waals surface area contributed by atoms with Gasteiger partial charge in [0.2, 0.25) is 10.0 Å². The number of hydrogen-bond donors (Lipinski definition) is 0. The summed E-state index contributed by atoms with van der Waals surface area (Å²) in [7, 11) is -3.56. The van der Waals surface area contributed by atoms with Crippen molar-refractivity contribution in [3.05, 3.63) is 53.1 Å². The highest BCUT2D eigenvalue weighted by molar-refractivity contribution is 7.89. The van der Waals surface area contributed by atoms with Crippen LogP contribution in [0.1, 0.15) is 25.3 Å². The molecule has 3 aromatic rings. The van der Waals surface area contributed by atoms with Crippen molar-refractivity contribution in [1.82, 2.24) is 19.5 Å². The molecule has 0 amide bonds. The van der Waals surface area contributed by atoms with Gasteiger partial charge in [0, 0.05) is 18.1 Å². The lowest BCUT2D eigenvalue weighted by atomic mass is 10.0. The van der Waals surface area contributed by atoms with Gasteiger partial charge in [-0.2, -0.15) is 4.31 Å². The molecule has 4 rings (SSSR count). The molecule has 0 radical (unpaired) electrons. The summed E-state index contributed by atoms with van der Waals surface area (Å²) in [6.45, 7) is 3.41. The Balaban J connectivity index is 1.60. The van der Waals surface area contributed by atoms with Crippen LogP contribution < -0.4 is 4.84 Å². The summed E-state index contributed by atoms with van der Waals surface area (Å²) in [5.74, 6) is 0.362. The van der Waals surface area contributed by atoms with E-state index in [0.29, 0.717) is 35.1 Å². The van der Waals surface area contributed by atoms with Gasteiger partial charge in [0.1, 0.15) is 17.6 Å². The summed E-state index contributed by atoms with van der Waals surface area (Å²) < 4.78 is 27.7. The zero-order chi connectivity index (χ0) is 19.7. The fourth-order valence-electron chi connectivity index (χ4n) is 3.41. The van der Waals surface area contributed by atoms with Crippen LogP contribution in [-0.2, 0) is 16.6 Å². The zero-order valence-electron chi connectivity index (χ0n) is 15.5. The lowest BCUT2D eigenvalue weighted by molar-refractivity contribution is 0.0751. The van der Waals surface area contributed by atoms with Crippen LogP contribution in [0.5, 0.6) is 0 Å². The van der Waals surface area contributed by atoms with Crippen LogP contribution in [0.4, 0.5) is 0 Å². The molecule has 0 unspecified atom stereocenters. The third kappa shape index (κ3) is 3.85. The monoisotopic (exact) mass is 420 g/mol. The summed E-state index contributed by atoms with van der Waals surface area (Å²) >= 11 is 5.99. The number of fused-ring (bicyclic) bond motifs is 1. The first-order valence-corrected chi connectivity index (χ1v) is 11.0. The van der Waals surface area contributed by atoms with Gasteiger partial charge in [-0.25, -0.2) is 8.42 Å². The molecule has 1 fully saturated rings. The highest BCUT2D eigenvalue weighted by Gasteiger charge is 2.29. The first kappa shape index (κ1) is 19.2. The SMILES string of the molecule is C[C@@H]1CCCN(S(=O)(=O)c2ccc3nnn(OCc4cccc(Cl)c4)c3c2)C1. The van der Waals surface area contributed by atoms with Crippen molar-refractivity contribution in [2.24, 2.45) is 5.92 Å². The average Bonchev–Trinajstić information content (AvgIpc) is 3.09. The molecule has 1 aromatic heterocycles. The van der Waals surface area contributed by atoms with Crippen molar-refractivity contribution < 1.29 is 13.3 Å². The molecule has 148 valence electrons. The van der Waals surface area contributed by atoms with E-state index < -0.39 is 10.0 Å². The minimum atomic E-state index is -3.56. The van der Waals surface area contributed by atoms with Crippen molar-refractivity contribution >= 4 is 32.7 Å². The standard InChI is InChI=1S/C19H21ClN4O3S/c1-14-4-3-9-23(12-14)28(25,26)17-7-8-18-19(11-17)24(22-21-18)27-13-15-5-2-6-16(20)10-15/h2,5-8,10-11,14H,3-4,9,12-13H2,1H3/t14-/m1/s1. The van der Waals surface area contributed by atoms with E-state index in [0.717, 1.165) is 18.4 Å². The predicted molar refractivity (Wildman–Crippen MR) is 106 cm³/mol. The largest absolute Gasteiger partial charge is 0.390 e. The lowest BCUT2D eigenvalue weighted by Gasteiger charge is -2.30. The van der Waals surface area contributed by atoms with E-state index in [-0.39, 0.29) is 11.5 Å². The fourth-order valence-corrected chi connectivity index (χ4v) is 5.24. The van der Waals surface area contributed by atoms with Crippen LogP contribution in [0, 0.1) is 5.92 Å². The van der Waals surface area contributed by atoms with Crippen molar-refractivity contribution in [2.75, 3.05) is 13.1 Å². The lowest BCUT2D eigenvalue weighted by Crippen LogP contribution is -2.39. The van der Waals surface area contributed by atoms with E-state index in [1.54, 1.807) is 34.6 Å². The Labute approximate surface area is 168 Å². The molecular weight excluding hydrogens is 400 g/mol. The molecule has 0 saturated carbocycles. The van der Waals surface area contributed by atoms with Gasteiger partial charge in [0.15, 0.2) is 0 Å². The van der Waals surface area contributed by atoms with Crippen LogP contribution in [0.15, 0.2) is 47.4 Å². The molecule has 2 heterocycles. The van der Waals surface area contributed by atoms with Gasteiger partial charge in [-0.1, -0.05) is 35.5 Å². The van der Waals surface area contributed by atoms with Crippen LogP contribution >= 0.6 is 11.6 Å². The summed E-state index contributed by atoms with van der Waals surface area (Å²) in [5.41, 5.74) is 1.95. The number of halogens is 1. The van der Waals surface area contributed by atoms with E-state index in [1.165, 1.54) is 4.85 Å². The Bertz CT molecular complexity index is 1100. The number of piperidine rings is 1. The molecule has 1 saturated heterocycles. The smallest absolute Gasteiger partial charge is 0.243 e. The van der Waals surface area contributed by atoms with E-state index in [2.05, 4.69) is 17.2 Å². The Hall–Kier alpha value is -2.16. The molecule has 1 aliphatic rings. The molecule has 0 spiro atoms. The summed E-state index contributed by atoms with van der Waals surface area (Å²) in [6.07, 6.45) is 1.93. The second kappa shape index (κ2) is 7.69. The van der Waals surface area contributed by atoms with Crippen molar-refractivity contribution in [1.29, 1.82) is 0 Å². The molecule has 0 aliphatic carbocycles. The molecule has 0 N–H and O–H groups in total. The Morgan fingerprint density at radius 2 is 2.11 bits per heavy atom. The third-order valence-electron chi connectivity index (χ3n) is 4.89. The van der Waals surface area contributed by atoms with E-state index in [1.807, 2.05) is 12.1 Å². The molecule has 9 heteroatoms. The van der Waals surface area contributed by atoms with E-state index in [4.69, 9.17) is 16.4 Å².